The van der Waals surface area contributed by atoms with Crippen molar-refractivity contribution in [3.8, 4) is 6.07 Å². The average molecular weight is 209 g/mol. The largest absolute Gasteiger partial charge is 0.399 e. The van der Waals surface area contributed by atoms with E-state index in [1.807, 2.05) is 36.4 Å². The molecule has 16 heavy (non-hydrogen) atoms. The Balaban J connectivity index is 2.21. The van der Waals surface area contributed by atoms with Gasteiger partial charge in [0.2, 0.25) is 0 Å². The Hall–Kier alpha value is -2.34. The van der Waals surface area contributed by atoms with E-state index in [-0.39, 0.29) is 0 Å². The maximum absolute atomic E-state index is 8.74. The molecule has 78 valence electrons. The molecule has 1 aromatic carbocycles. The van der Waals surface area contributed by atoms with Crippen molar-refractivity contribution in [1.29, 1.82) is 5.26 Å². The predicted octanol–water partition coefficient (Wildman–Crippen LogP) is 2.13. The van der Waals surface area contributed by atoms with Crippen LogP contribution < -0.4 is 5.73 Å². The fourth-order valence-corrected chi connectivity index (χ4v) is 1.52. The quantitative estimate of drug-likeness (QED) is 0.770. The number of pyridine rings is 1. The van der Waals surface area contributed by atoms with Gasteiger partial charge < -0.3 is 5.73 Å². The van der Waals surface area contributed by atoms with E-state index in [1.165, 1.54) is 5.56 Å². The third kappa shape index (κ3) is 2.37. The van der Waals surface area contributed by atoms with E-state index in [4.69, 9.17) is 11.0 Å². The van der Waals surface area contributed by atoms with Crippen LogP contribution in [-0.2, 0) is 6.42 Å². The Morgan fingerprint density at radius 2 is 1.88 bits per heavy atom. The van der Waals surface area contributed by atoms with E-state index in [9.17, 15) is 0 Å². The molecule has 1 heterocycles. The van der Waals surface area contributed by atoms with Crippen molar-refractivity contribution in [3.05, 3.63) is 59.4 Å². The Kier molecular flexibility index (Phi) is 2.84. The average Bonchev–Trinajstić information content (AvgIpc) is 2.32. The summed E-state index contributed by atoms with van der Waals surface area (Å²) in [6.07, 6.45) is 2.45. The molecule has 2 rings (SSSR count). The van der Waals surface area contributed by atoms with Crippen LogP contribution >= 0.6 is 0 Å². The summed E-state index contributed by atoms with van der Waals surface area (Å²) in [5.41, 5.74) is 9.08. The number of hydrogen-bond donors (Lipinski definition) is 1. The summed E-state index contributed by atoms with van der Waals surface area (Å²) in [7, 11) is 0. The van der Waals surface area contributed by atoms with Gasteiger partial charge in [0.1, 0.15) is 11.8 Å². The molecule has 0 aliphatic rings. The lowest BCUT2D eigenvalue weighted by Gasteiger charge is -2.02. The number of nitrogens with two attached hydrogens (primary N) is 1. The lowest BCUT2D eigenvalue weighted by molar-refractivity contribution is 1.15. The Labute approximate surface area is 94.2 Å². The van der Waals surface area contributed by atoms with Crippen molar-refractivity contribution in [3.63, 3.8) is 0 Å². The van der Waals surface area contributed by atoms with E-state index in [2.05, 4.69) is 4.98 Å². The maximum atomic E-state index is 8.74. The van der Waals surface area contributed by atoms with Gasteiger partial charge in [0.05, 0.1) is 0 Å². The van der Waals surface area contributed by atoms with Crippen LogP contribution in [0.2, 0.25) is 0 Å². The molecule has 0 saturated heterocycles. The second-order valence-electron chi connectivity index (χ2n) is 3.58. The van der Waals surface area contributed by atoms with Gasteiger partial charge in [-0.2, -0.15) is 5.26 Å². The predicted molar refractivity (Wildman–Crippen MR) is 62.6 cm³/mol. The van der Waals surface area contributed by atoms with Gasteiger partial charge in [-0.15, -0.1) is 0 Å². The second kappa shape index (κ2) is 4.45. The molecule has 0 aliphatic heterocycles. The first kappa shape index (κ1) is 10.2. The number of nitrogens with zero attached hydrogens (tertiary/aromatic N) is 2. The normalized spacial score (nSPS) is 9.69. The molecule has 0 bridgehead atoms. The highest BCUT2D eigenvalue weighted by molar-refractivity contribution is 5.40. The SMILES string of the molecule is N#Cc1cc(Cc2ccc(N)cc2)ccn1. The maximum Gasteiger partial charge on any atom is 0.140 e. The second-order valence-corrected chi connectivity index (χ2v) is 3.58. The molecule has 0 saturated carbocycles. The molecule has 3 heteroatoms. The van der Waals surface area contributed by atoms with Gasteiger partial charge in [-0.1, -0.05) is 12.1 Å². The van der Waals surface area contributed by atoms with Gasteiger partial charge in [0.25, 0.3) is 0 Å². The van der Waals surface area contributed by atoms with Gasteiger partial charge in [-0.3, -0.25) is 0 Å². The van der Waals surface area contributed by atoms with Crippen LogP contribution in [0.15, 0.2) is 42.6 Å². The zero-order chi connectivity index (χ0) is 11.4. The third-order valence-corrected chi connectivity index (χ3v) is 2.33. The number of benzene rings is 1. The van der Waals surface area contributed by atoms with Crippen LogP contribution in [0.3, 0.4) is 0 Å². The molecule has 0 spiro atoms. The molecule has 0 aliphatic carbocycles. The number of rotatable bonds is 2. The van der Waals surface area contributed by atoms with E-state index in [0.717, 1.165) is 17.7 Å². The lowest BCUT2D eigenvalue weighted by atomic mass is 10.1. The van der Waals surface area contributed by atoms with Crippen molar-refractivity contribution in [1.82, 2.24) is 4.98 Å². The van der Waals surface area contributed by atoms with Crippen LogP contribution in [0.4, 0.5) is 5.69 Å². The van der Waals surface area contributed by atoms with Gasteiger partial charge in [-0.05, 0) is 41.8 Å². The van der Waals surface area contributed by atoms with E-state index >= 15 is 0 Å². The fraction of sp³-hybridized carbons (Fsp3) is 0.0769. The van der Waals surface area contributed by atoms with Crippen LogP contribution in [0.25, 0.3) is 0 Å². The van der Waals surface area contributed by atoms with E-state index in [0.29, 0.717) is 5.69 Å². The van der Waals surface area contributed by atoms with Crippen LogP contribution in [0.1, 0.15) is 16.8 Å². The van der Waals surface area contributed by atoms with E-state index < -0.39 is 0 Å². The molecule has 2 N–H and O–H groups in total. The zero-order valence-corrected chi connectivity index (χ0v) is 8.72. The molecular formula is C13H11N3. The summed E-state index contributed by atoms with van der Waals surface area (Å²) >= 11 is 0. The minimum absolute atomic E-state index is 0.452. The fourth-order valence-electron chi connectivity index (χ4n) is 1.52. The number of anilines is 1. The third-order valence-electron chi connectivity index (χ3n) is 2.33. The number of nitriles is 1. The summed E-state index contributed by atoms with van der Waals surface area (Å²) in [6, 6.07) is 13.5. The zero-order valence-electron chi connectivity index (χ0n) is 8.72. The Morgan fingerprint density at radius 1 is 1.12 bits per heavy atom. The summed E-state index contributed by atoms with van der Waals surface area (Å²) < 4.78 is 0. The minimum atomic E-state index is 0.452. The van der Waals surface area contributed by atoms with Crippen molar-refractivity contribution < 1.29 is 0 Å². The summed E-state index contributed by atoms with van der Waals surface area (Å²) in [5, 5.41) is 8.74. The lowest BCUT2D eigenvalue weighted by Crippen LogP contribution is -1.91. The first-order valence-corrected chi connectivity index (χ1v) is 4.97. The van der Waals surface area contributed by atoms with Crippen molar-refractivity contribution in [2.75, 3.05) is 5.73 Å². The highest BCUT2D eigenvalue weighted by Gasteiger charge is 1.98. The van der Waals surface area contributed by atoms with Gasteiger partial charge in [0.15, 0.2) is 0 Å². The van der Waals surface area contributed by atoms with Crippen molar-refractivity contribution in [2.24, 2.45) is 0 Å². The van der Waals surface area contributed by atoms with Gasteiger partial charge in [-0.25, -0.2) is 4.98 Å². The Bertz CT molecular complexity index is 524. The summed E-state index contributed by atoms with van der Waals surface area (Å²) in [4.78, 5) is 3.93. The molecule has 3 nitrogen and oxygen atoms in total. The molecule has 1 aromatic heterocycles. The Morgan fingerprint density at radius 3 is 2.56 bits per heavy atom. The highest BCUT2D eigenvalue weighted by Crippen LogP contribution is 2.11. The molecular weight excluding hydrogens is 198 g/mol. The van der Waals surface area contributed by atoms with Crippen LogP contribution in [0.5, 0.6) is 0 Å². The number of hydrogen-bond acceptors (Lipinski definition) is 3. The van der Waals surface area contributed by atoms with Crippen molar-refractivity contribution in [2.45, 2.75) is 6.42 Å². The molecule has 0 unspecified atom stereocenters. The first-order chi connectivity index (χ1) is 7.78. The summed E-state index contributed by atoms with van der Waals surface area (Å²) in [6.45, 7) is 0. The topological polar surface area (TPSA) is 62.7 Å². The standard InChI is InChI=1S/C13H11N3/c14-9-13-8-11(5-6-16-13)7-10-1-3-12(15)4-2-10/h1-6,8H,7,15H2. The molecule has 0 amide bonds. The van der Waals surface area contributed by atoms with Gasteiger partial charge >= 0.3 is 0 Å². The smallest absolute Gasteiger partial charge is 0.140 e. The van der Waals surface area contributed by atoms with Crippen LogP contribution in [-0.4, -0.2) is 4.98 Å². The summed E-state index contributed by atoms with van der Waals surface area (Å²) in [5.74, 6) is 0. The van der Waals surface area contributed by atoms with Gasteiger partial charge in [0, 0.05) is 11.9 Å². The molecule has 0 atom stereocenters. The molecule has 0 radical (unpaired) electrons. The number of nitrogen functional groups attached to an aromatic ring is 1. The van der Waals surface area contributed by atoms with Crippen molar-refractivity contribution >= 4 is 5.69 Å². The number of aromatic nitrogens is 1. The first-order valence-electron chi connectivity index (χ1n) is 4.97. The monoisotopic (exact) mass is 209 g/mol. The van der Waals surface area contributed by atoms with E-state index in [1.54, 1.807) is 12.3 Å². The molecule has 0 fully saturated rings. The molecule has 2 aromatic rings. The minimum Gasteiger partial charge on any atom is -0.399 e. The van der Waals surface area contributed by atoms with Crippen LogP contribution in [0, 0.1) is 11.3 Å². The highest BCUT2D eigenvalue weighted by atomic mass is 14.7.